The molecule has 1 aromatic heterocycles. The molecule has 0 aliphatic carbocycles. The second kappa shape index (κ2) is 7.15. The summed E-state index contributed by atoms with van der Waals surface area (Å²) in [7, 11) is -3.75. The third-order valence-electron chi connectivity index (χ3n) is 5.00. The average Bonchev–Trinajstić information content (AvgIpc) is 2.67. The minimum absolute atomic E-state index is 0.147. The number of carbonyl (C=O) groups excluding carboxylic acids is 1. The Kier molecular flexibility index (Phi) is 4.87. The zero-order valence-electron chi connectivity index (χ0n) is 15.8. The summed E-state index contributed by atoms with van der Waals surface area (Å²) in [5, 5.41) is 12.6. The predicted molar refractivity (Wildman–Crippen MR) is 99.3 cm³/mol. The number of hydrogen-bond acceptors (Lipinski definition) is 8. The highest BCUT2D eigenvalue weighted by molar-refractivity contribution is 7.90. The number of sulfone groups is 1. The zero-order chi connectivity index (χ0) is 21.7. The van der Waals surface area contributed by atoms with Crippen LogP contribution >= 0.6 is 0 Å². The fraction of sp³-hybridized carbons (Fsp3) is 0.389. The van der Waals surface area contributed by atoms with Crippen molar-refractivity contribution in [2.24, 2.45) is 0 Å². The van der Waals surface area contributed by atoms with Crippen molar-refractivity contribution >= 4 is 15.7 Å². The van der Waals surface area contributed by atoms with Crippen LogP contribution in [0.15, 0.2) is 27.9 Å². The van der Waals surface area contributed by atoms with E-state index in [1.807, 2.05) is 0 Å². The molecule has 0 atom stereocenters. The first-order valence-electron chi connectivity index (χ1n) is 8.95. The van der Waals surface area contributed by atoms with Gasteiger partial charge in [0.05, 0.1) is 31.3 Å². The van der Waals surface area contributed by atoms with Gasteiger partial charge in [-0.2, -0.15) is 0 Å². The summed E-state index contributed by atoms with van der Waals surface area (Å²) in [6.45, 7) is 0.455. The molecule has 10 nitrogen and oxygen atoms in total. The molecule has 2 N–H and O–H groups in total. The Balaban J connectivity index is 1.65. The standard InChI is InChI=1S/C18H18FN3O7S/c1-30(26,27)12-6-11(19)3-2-10(12)7-20-15(24)13-14(23)16(25)22-4-5-29-18(8-28-9-18)17(22)21-13/h2-3,6,23H,4-5,7-9H2,1H3,(H,20,24). The van der Waals surface area contributed by atoms with Crippen molar-refractivity contribution in [1.82, 2.24) is 14.9 Å². The van der Waals surface area contributed by atoms with E-state index >= 15 is 0 Å². The lowest BCUT2D eigenvalue weighted by Gasteiger charge is -2.44. The maximum Gasteiger partial charge on any atom is 0.296 e. The van der Waals surface area contributed by atoms with Crippen LogP contribution in [0.25, 0.3) is 0 Å². The van der Waals surface area contributed by atoms with Gasteiger partial charge in [0, 0.05) is 12.8 Å². The summed E-state index contributed by atoms with van der Waals surface area (Å²) in [5.41, 5.74) is -2.08. The van der Waals surface area contributed by atoms with Crippen LogP contribution in [0.4, 0.5) is 4.39 Å². The molecule has 1 amide bonds. The minimum atomic E-state index is -3.75. The van der Waals surface area contributed by atoms with Crippen molar-refractivity contribution in [2.45, 2.75) is 23.6 Å². The van der Waals surface area contributed by atoms with Crippen LogP contribution in [0, 0.1) is 5.82 Å². The summed E-state index contributed by atoms with van der Waals surface area (Å²) >= 11 is 0. The molecule has 0 unspecified atom stereocenters. The Morgan fingerprint density at radius 2 is 2.13 bits per heavy atom. The molecule has 12 heteroatoms. The molecule has 0 radical (unpaired) electrons. The van der Waals surface area contributed by atoms with E-state index in [1.165, 1.54) is 10.6 Å². The molecule has 1 fully saturated rings. The maximum atomic E-state index is 13.5. The van der Waals surface area contributed by atoms with Crippen LogP contribution in [0.2, 0.25) is 0 Å². The Bertz CT molecular complexity index is 1200. The summed E-state index contributed by atoms with van der Waals surface area (Å²) in [5.74, 6) is -2.26. The van der Waals surface area contributed by atoms with Gasteiger partial charge in [0.2, 0.25) is 5.75 Å². The highest BCUT2D eigenvalue weighted by Gasteiger charge is 2.48. The fourth-order valence-electron chi connectivity index (χ4n) is 3.43. The molecule has 1 saturated heterocycles. The minimum Gasteiger partial charge on any atom is -0.501 e. The monoisotopic (exact) mass is 439 g/mol. The van der Waals surface area contributed by atoms with Gasteiger partial charge in [-0.3, -0.25) is 14.2 Å². The van der Waals surface area contributed by atoms with Crippen molar-refractivity contribution in [3.05, 3.63) is 51.5 Å². The number of carbonyl (C=O) groups is 1. The van der Waals surface area contributed by atoms with E-state index in [-0.39, 0.29) is 49.2 Å². The number of amides is 1. The predicted octanol–water partition coefficient (Wildman–Crippen LogP) is -0.323. The van der Waals surface area contributed by atoms with Crippen molar-refractivity contribution in [3.63, 3.8) is 0 Å². The van der Waals surface area contributed by atoms with E-state index < -0.39 is 44.2 Å². The van der Waals surface area contributed by atoms with Crippen LogP contribution in [0.5, 0.6) is 5.75 Å². The molecule has 3 heterocycles. The van der Waals surface area contributed by atoms with Crippen LogP contribution in [0.3, 0.4) is 0 Å². The quantitative estimate of drug-likeness (QED) is 0.661. The summed E-state index contributed by atoms with van der Waals surface area (Å²) in [6.07, 6.45) is 0.922. The SMILES string of the molecule is CS(=O)(=O)c1cc(F)ccc1CNC(=O)c1nc2n(c(=O)c1O)CCOC21COC1. The largest absolute Gasteiger partial charge is 0.501 e. The number of aromatic hydroxyl groups is 1. The second-order valence-electron chi connectivity index (χ2n) is 7.13. The number of rotatable bonds is 4. The van der Waals surface area contributed by atoms with Crippen LogP contribution in [-0.2, 0) is 38.0 Å². The number of ether oxygens (including phenoxy) is 2. The van der Waals surface area contributed by atoms with E-state index in [9.17, 15) is 27.5 Å². The van der Waals surface area contributed by atoms with Gasteiger partial charge in [0.25, 0.3) is 11.5 Å². The molecule has 160 valence electrons. The number of nitrogens with one attached hydrogen (secondary N) is 1. The smallest absolute Gasteiger partial charge is 0.296 e. The van der Waals surface area contributed by atoms with Crippen LogP contribution in [-0.4, -0.2) is 55.1 Å². The first-order valence-corrected chi connectivity index (χ1v) is 10.8. The molecular formula is C18H18FN3O7S. The molecule has 2 aromatic rings. The van der Waals surface area contributed by atoms with Crippen LogP contribution in [0.1, 0.15) is 21.9 Å². The first kappa shape index (κ1) is 20.4. The lowest BCUT2D eigenvalue weighted by Crippen LogP contribution is -2.56. The Morgan fingerprint density at radius 3 is 2.77 bits per heavy atom. The van der Waals surface area contributed by atoms with E-state index in [4.69, 9.17) is 9.47 Å². The number of nitrogens with zero attached hydrogens (tertiary/aromatic N) is 2. The van der Waals surface area contributed by atoms with Crippen molar-refractivity contribution in [2.75, 3.05) is 26.1 Å². The van der Waals surface area contributed by atoms with Crippen molar-refractivity contribution in [3.8, 4) is 5.75 Å². The summed E-state index contributed by atoms with van der Waals surface area (Å²) < 4.78 is 49.3. The van der Waals surface area contributed by atoms with Gasteiger partial charge in [-0.25, -0.2) is 17.8 Å². The number of benzene rings is 1. The number of aromatic nitrogens is 2. The third-order valence-corrected chi connectivity index (χ3v) is 6.18. The highest BCUT2D eigenvalue weighted by atomic mass is 32.2. The lowest BCUT2D eigenvalue weighted by molar-refractivity contribution is -0.233. The van der Waals surface area contributed by atoms with Gasteiger partial charge >= 0.3 is 0 Å². The molecule has 1 spiro atoms. The van der Waals surface area contributed by atoms with Gasteiger partial charge in [-0.1, -0.05) is 6.07 Å². The van der Waals surface area contributed by atoms with Gasteiger partial charge in [0.1, 0.15) is 11.6 Å². The van der Waals surface area contributed by atoms with Crippen molar-refractivity contribution in [1.29, 1.82) is 0 Å². The maximum absolute atomic E-state index is 13.5. The topological polar surface area (TPSA) is 137 Å². The summed E-state index contributed by atoms with van der Waals surface area (Å²) in [6, 6.07) is 3.15. The first-order chi connectivity index (χ1) is 14.1. The average molecular weight is 439 g/mol. The van der Waals surface area contributed by atoms with E-state index in [2.05, 4.69) is 10.3 Å². The fourth-order valence-corrected chi connectivity index (χ4v) is 4.38. The van der Waals surface area contributed by atoms with E-state index in [1.54, 1.807) is 0 Å². The van der Waals surface area contributed by atoms with E-state index in [0.29, 0.717) is 0 Å². The molecule has 30 heavy (non-hydrogen) atoms. The Morgan fingerprint density at radius 1 is 1.40 bits per heavy atom. The normalized spacial score (nSPS) is 17.3. The Labute approximate surface area is 170 Å². The van der Waals surface area contributed by atoms with Gasteiger partial charge in [-0.15, -0.1) is 0 Å². The molecule has 0 bridgehead atoms. The Hall–Kier alpha value is -2.83. The molecule has 4 rings (SSSR count). The van der Waals surface area contributed by atoms with Gasteiger partial charge in [0.15, 0.2) is 21.1 Å². The lowest BCUT2D eigenvalue weighted by atomic mass is 9.99. The number of fused-ring (bicyclic) bond motifs is 2. The van der Waals surface area contributed by atoms with Gasteiger partial charge in [-0.05, 0) is 17.7 Å². The molecule has 2 aliphatic heterocycles. The van der Waals surface area contributed by atoms with Gasteiger partial charge < -0.3 is 19.9 Å². The third kappa shape index (κ3) is 3.36. The van der Waals surface area contributed by atoms with Crippen molar-refractivity contribution < 1.29 is 32.2 Å². The summed E-state index contributed by atoms with van der Waals surface area (Å²) in [4.78, 5) is 29.1. The number of hydrogen-bond donors (Lipinski definition) is 2. The van der Waals surface area contributed by atoms with E-state index in [0.717, 1.165) is 18.4 Å². The second-order valence-corrected chi connectivity index (χ2v) is 9.12. The highest BCUT2D eigenvalue weighted by Crippen LogP contribution is 2.35. The zero-order valence-corrected chi connectivity index (χ0v) is 16.7. The molecule has 1 aromatic carbocycles. The molecule has 0 saturated carbocycles. The number of halogens is 1. The molecular weight excluding hydrogens is 421 g/mol. The van der Waals surface area contributed by atoms with Crippen LogP contribution < -0.4 is 10.9 Å². The molecule has 2 aliphatic rings.